The van der Waals surface area contributed by atoms with Crippen molar-refractivity contribution < 1.29 is 32.2 Å². The van der Waals surface area contributed by atoms with Crippen molar-refractivity contribution in [1.29, 1.82) is 0 Å². The molecule has 2 heterocycles. The number of methoxy groups -OCH3 is 2. The van der Waals surface area contributed by atoms with Gasteiger partial charge in [-0.1, -0.05) is 0 Å². The minimum atomic E-state index is -3.82. The van der Waals surface area contributed by atoms with Crippen molar-refractivity contribution in [2.45, 2.75) is 57.0 Å². The summed E-state index contributed by atoms with van der Waals surface area (Å²) in [6, 6.07) is 5.72. The third-order valence-corrected chi connectivity index (χ3v) is 9.78. The molecule has 0 bridgehead atoms. The van der Waals surface area contributed by atoms with Crippen LogP contribution in [-0.4, -0.2) is 77.3 Å². The third-order valence-electron chi connectivity index (χ3n) is 6.39. The molecule has 1 aromatic carbocycles. The first-order chi connectivity index (χ1) is 18.3. The van der Waals surface area contributed by atoms with E-state index in [-0.39, 0.29) is 61.3 Å². The number of thiophene rings is 1. The predicted octanol–water partition coefficient (Wildman–Crippen LogP) is 4.04. The van der Waals surface area contributed by atoms with Gasteiger partial charge in [-0.05, 0) is 70.9 Å². The van der Waals surface area contributed by atoms with Crippen LogP contribution in [-0.2, 0) is 36.2 Å². The summed E-state index contributed by atoms with van der Waals surface area (Å²) in [6.07, 6.45) is 0.599. The molecule has 10 nitrogen and oxygen atoms in total. The molecule has 0 saturated heterocycles. The van der Waals surface area contributed by atoms with E-state index in [1.165, 1.54) is 54.1 Å². The molecule has 1 amide bonds. The van der Waals surface area contributed by atoms with Crippen LogP contribution in [0.25, 0.3) is 0 Å². The van der Waals surface area contributed by atoms with Gasteiger partial charge in [0.15, 0.2) is 0 Å². The van der Waals surface area contributed by atoms with E-state index in [0.717, 1.165) is 10.4 Å². The normalized spacial score (nSPS) is 15.7. The summed E-state index contributed by atoms with van der Waals surface area (Å²) < 4.78 is 43.1. The van der Waals surface area contributed by atoms with Crippen LogP contribution in [0.4, 0.5) is 5.00 Å². The second kappa shape index (κ2) is 13.7. The molecule has 0 saturated carbocycles. The van der Waals surface area contributed by atoms with Gasteiger partial charge in [0, 0.05) is 48.8 Å². The Hall–Kier alpha value is -2.06. The fraction of sp³-hybridized carbons (Fsp3) is 0.556. The molecule has 0 unspecified atom stereocenters. The van der Waals surface area contributed by atoms with Gasteiger partial charge in [-0.2, -0.15) is 4.31 Å². The number of halogens is 1. The summed E-state index contributed by atoms with van der Waals surface area (Å²) in [5.41, 5.74) is 0.824. The molecule has 0 radical (unpaired) electrons. The van der Waals surface area contributed by atoms with Gasteiger partial charge in [0.1, 0.15) is 5.00 Å². The number of fused-ring (bicyclic) bond motifs is 1. The molecule has 0 fully saturated rings. The standard InChI is InChI=1S/C27H39N3O7S2.ClH/c1-8-37-25(32)21-20-17-26(2,3)29-27(4,5)22(20)38-24(21)28-23(31)18-9-11-19(12-10-18)39(33,34)30(13-15-35-6)14-16-36-7;/h9-12,29H,8,13-17H2,1-7H3,(H,28,31);1H. The average molecular weight is 618 g/mol. The van der Waals surface area contributed by atoms with Crippen LogP contribution in [0.3, 0.4) is 0 Å². The maximum Gasteiger partial charge on any atom is 0.341 e. The molecular weight excluding hydrogens is 578 g/mol. The van der Waals surface area contributed by atoms with Gasteiger partial charge < -0.3 is 24.8 Å². The summed E-state index contributed by atoms with van der Waals surface area (Å²) in [5.74, 6) is -0.934. The molecule has 1 aliphatic heterocycles. The number of hydrogen-bond donors (Lipinski definition) is 2. The number of esters is 1. The molecular formula is C27H40ClN3O7S2. The number of nitrogens with one attached hydrogen (secondary N) is 2. The first kappa shape index (κ1) is 34.1. The minimum Gasteiger partial charge on any atom is -0.462 e. The van der Waals surface area contributed by atoms with Crippen LogP contribution in [0.15, 0.2) is 29.2 Å². The maximum atomic E-state index is 13.3. The Balaban J connectivity index is 0.00000560. The molecule has 13 heteroatoms. The third kappa shape index (κ3) is 7.61. The summed E-state index contributed by atoms with van der Waals surface area (Å²) >= 11 is 1.35. The Labute approximate surface area is 247 Å². The molecule has 0 atom stereocenters. The Morgan fingerprint density at radius 2 is 1.62 bits per heavy atom. The Morgan fingerprint density at radius 3 is 2.15 bits per heavy atom. The number of nitrogens with zero attached hydrogens (tertiary/aromatic N) is 1. The number of benzene rings is 1. The zero-order chi connectivity index (χ0) is 29.0. The van der Waals surface area contributed by atoms with Gasteiger partial charge in [0.25, 0.3) is 5.91 Å². The molecule has 1 aromatic heterocycles. The highest BCUT2D eigenvalue weighted by Gasteiger charge is 2.42. The van der Waals surface area contributed by atoms with Crippen LogP contribution in [0.1, 0.15) is 65.8 Å². The van der Waals surface area contributed by atoms with E-state index in [1.54, 1.807) is 6.92 Å². The van der Waals surface area contributed by atoms with E-state index in [9.17, 15) is 18.0 Å². The van der Waals surface area contributed by atoms with Gasteiger partial charge in [-0.3, -0.25) is 4.79 Å². The van der Waals surface area contributed by atoms with Gasteiger partial charge in [-0.15, -0.1) is 23.7 Å². The fourth-order valence-electron chi connectivity index (χ4n) is 4.88. The monoisotopic (exact) mass is 617 g/mol. The molecule has 2 aromatic rings. The number of carbonyl (C=O) groups excluding carboxylic acids is 2. The van der Waals surface area contributed by atoms with E-state index in [1.807, 2.05) is 13.8 Å². The Bertz CT molecular complexity index is 1280. The quantitative estimate of drug-likeness (QED) is 0.342. The highest BCUT2D eigenvalue weighted by molar-refractivity contribution is 7.89. The van der Waals surface area contributed by atoms with Crippen LogP contribution < -0.4 is 10.6 Å². The van der Waals surface area contributed by atoms with Crippen molar-refractivity contribution in [3.8, 4) is 0 Å². The van der Waals surface area contributed by atoms with Crippen LogP contribution >= 0.6 is 23.7 Å². The zero-order valence-corrected chi connectivity index (χ0v) is 26.5. The van der Waals surface area contributed by atoms with Gasteiger partial charge in [0.2, 0.25) is 10.0 Å². The van der Waals surface area contributed by atoms with Crippen molar-refractivity contribution in [3.63, 3.8) is 0 Å². The van der Waals surface area contributed by atoms with Gasteiger partial charge in [0.05, 0.1) is 30.3 Å². The van der Waals surface area contributed by atoms with E-state index in [2.05, 4.69) is 24.5 Å². The predicted molar refractivity (Wildman–Crippen MR) is 158 cm³/mol. The molecule has 40 heavy (non-hydrogen) atoms. The number of carbonyl (C=O) groups is 2. The fourth-order valence-corrected chi connectivity index (χ4v) is 7.54. The highest BCUT2D eigenvalue weighted by atomic mass is 35.5. The smallest absolute Gasteiger partial charge is 0.341 e. The summed E-state index contributed by atoms with van der Waals surface area (Å²) in [6.45, 7) is 11.0. The Kier molecular flexibility index (Phi) is 11.7. The largest absolute Gasteiger partial charge is 0.462 e. The number of rotatable bonds is 12. The van der Waals surface area contributed by atoms with E-state index >= 15 is 0 Å². The lowest BCUT2D eigenvalue weighted by molar-refractivity contribution is 0.0525. The zero-order valence-electron chi connectivity index (χ0n) is 24.1. The number of sulfonamides is 1. The van der Waals surface area contributed by atoms with Crippen molar-refractivity contribution in [2.75, 3.05) is 52.4 Å². The topological polar surface area (TPSA) is 123 Å². The van der Waals surface area contributed by atoms with Crippen LogP contribution in [0, 0.1) is 0 Å². The lowest BCUT2D eigenvalue weighted by Gasteiger charge is -2.42. The van der Waals surface area contributed by atoms with E-state index in [0.29, 0.717) is 17.0 Å². The molecule has 0 aliphatic carbocycles. The minimum absolute atomic E-state index is 0. The molecule has 1 aliphatic rings. The SMILES string of the molecule is CCOC(=O)c1c(NC(=O)c2ccc(S(=O)(=O)N(CCOC)CCOC)cc2)sc2c1CC(C)(C)NC2(C)C.Cl. The van der Waals surface area contributed by atoms with Crippen molar-refractivity contribution >= 4 is 50.6 Å². The number of hydrogen-bond acceptors (Lipinski definition) is 9. The molecule has 224 valence electrons. The summed E-state index contributed by atoms with van der Waals surface area (Å²) in [5, 5.41) is 6.91. The molecule has 2 N–H and O–H groups in total. The first-order valence-corrected chi connectivity index (χ1v) is 15.0. The van der Waals surface area contributed by atoms with Crippen molar-refractivity contribution in [3.05, 3.63) is 45.8 Å². The molecule has 3 rings (SSSR count). The van der Waals surface area contributed by atoms with Gasteiger partial charge in [-0.25, -0.2) is 13.2 Å². The summed E-state index contributed by atoms with van der Waals surface area (Å²) in [7, 11) is -0.813. The summed E-state index contributed by atoms with van der Waals surface area (Å²) in [4.78, 5) is 27.3. The number of amides is 1. The number of ether oxygens (including phenoxy) is 3. The van der Waals surface area contributed by atoms with E-state index < -0.39 is 27.4 Å². The Morgan fingerprint density at radius 1 is 1.05 bits per heavy atom. The highest BCUT2D eigenvalue weighted by Crippen LogP contribution is 2.45. The lowest BCUT2D eigenvalue weighted by atomic mass is 9.81. The van der Waals surface area contributed by atoms with Crippen molar-refractivity contribution in [1.82, 2.24) is 9.62 Å². The van der Waals surface area contributed by atoms with Crippen LogP contribution in [0.2, 0.25) is 0 Å². The first-order valence-electron chi connectivity index (χ1n) is 12.8. The number of anilines is 1. The second-order valence-corrected chi connectivity index (χ2v) is 13.5. The van der Waals surface area contributed by atoms with Crippen molar-refractivity contribution in [2.24, 2.45) is 0 Å². The van der Waals surface area contributed by atoms with Crippen LogP contribution in [0.5, 0.6) is 0 Å². The maximum absolute atomic E-state index is 13.3. The lowest BCUT2D eigenvalue weighted by Crippen LogP contribution is -2.55. The van der Waals surface area contributed by atoms with Gasteiger partial charge >= 0.3 is 5.97 Å². The average Bonchev–Trinajstić information content (AvgIpc) is 3.21. The van der Waals surface area contributed by atoms with E-state index in [4.69, 9.17) is 14.2 Å². The molecule has 0 spiro atoms. The second-order valence-electron chi connectivity index (χ2n) is 10.5.